The van der Waals surface area contributed by atoms with Crippen molar-refractivity contribution in [3.63, 3.8) is 0 Å². The Morgan fingerprint density at radius 3 is 2.68 bits per heavy atom. The molecule has 0 radical (unpaired) electrons. The van der Waals surface area contributed by atoms with Crippen LogP contribution in [-0.2, 0) is 0 Å². The first-order valence-electron chi connectivity index (χ1n) is 5.60. The minimum Gasteiger partial charge on any atom is -0.398 e. The molecule has 0 unspecified atom stereocenters. The van der Waals surface area contributed by atoms with E-state index in [2.05, 4.69) is 5.32 Å². The lowest BCUT2D eigenvalue weighted by molar-refractivity contribution is 0.102. The van der Waals surface area contributed by atoms with E-state index in [0.29, 0.717) is 11.4 Å². The normalized spacial score (nSPS) is 10.3. The molecule has 0 aliphatic heterocycles. The molecular formula is C14H12ClFN2O. The molecule has 0 heterocycles. The minimum absolute atomic E-state index is 0.0672. The predicted molar refractivity (Wildman–Crippen MR) is 75.0 cm³/mol. The highest BCUT2D eigenvalue weighted by Crippen LogP contribution is 2.22. The monoisotopic (exact) mass is 278 g/mol. The molecule has 3 N–H and O–H groups in total. The first-order valence-corrected chi connectivity index (χ1v) is 5.98. The molecule has 0 spiro atoms. The fraction of sp³-hybridized carbons (Fsp3) is 0.0714. The van der Waals surface area contributed by atoms with E-state index in [1.807, 2.05) is 6.92 Å². The van der Waals surface area contributed by atoms with E-state index in [-0.39, 0.29) is 10.6 Å². The summed E-state index contributed by atoms with van der Waals surface area (Å²) in [5.41, 5.74) is 7.52. The lowest BCUT2D eigenvalue weighted by Crippen LogP contribution is -2.14. The highest BCUT2D eigenvalue weighted by atomic mass is 35.5. The second-order valence-electron chi connectivity index (χ2n) is 4.12. The van der Waals surface area contributed by atoms with Crippen LogP contribution in [0.25, 0.3) is 0 Å². The van der Waals surface area contributed by atoms with Gasteiger partial charge in [-0.2, -0.15) is 0 Å². The molecule has 0 bridgehead atoms. The maximum Gasteiger partial charge on any atom is 0.260 e. The number of carbonyl (C=O) groups is 1. The molecule has 1 amide bonds. The van der Waals surface area contributed by atoms with Crippen LogP contribution in [0.5, 0.6) is 0 Å². The Labute approximate surface area is 115 Å². The van der Waals surface area contributed by atoms with Gasteiger partial charge in [0, 0.05) is 11.4 Å². The SMILES string of the molecule is Cc1ccc(NC(=O)c2c(F)cccc2Cl)cc1N. The largest absolute Gasteiger partial charge is 0.398 e. The van der Waals surface area contributed by atoms with Crippen molar-refractivity contribution in [3.05, 3.63) is 58.4 Å². The first-order chi connectivity index (χ1) is 8.99. The van der Waals surface area contributed by atoms with E-state index < -0.39 is 11.7 Å². The average Bonchev–Trinajstić information content (AvgIpc) is 2.33. The molecule has 0 aliphatic rings. The van der Waals surface area contributed by atoms with E-state index in [4.69, 9.17) is 17.3 Å². The van der Waals surface area contributed by atoms with Gasteiger partial charge in [0.05, 0.1) is 10.6 Å². The number of nitrogens with two attached hydrogens (primary N) is 1. The Hall–Kier alpha value is -2.07. The summed E-state index contributed by atoms with van der Waals surface area (Å²) in [7, 11) is 0. The summed E-state index contributed by atoms with van der Waals surface area (Å²) in [5, 5.41) is 2.63. The Balaban J connectivity index is 2.28. The topological polar surface area (TPSA) is 55.1 Å². The molecule has 5 heteroatoms. The van der Waals surface area contributed by atoms with Gasteiger partial charge < -0.3 is 11.1 Å². The molecule has 0 saturated carbocycles. The van der Waals surface area contributed by atoms with E-state index in [1.165, 1.54) is 18.2 Å². The highest BCUT2D eigenvalue weighted by molar-refractivity contribution is 6.34. The van der Waals surface area contributed by atoms with Gasteiger partial charge in [-0.05, 0) is 36.8 Å². The molecule has 0 atom stereocenters. The van der Waals surface area contributed by atoms with E-state index in [1.54, 1.807) is 18.2 Å². The third kappa shape index (κ3) is 2.85. The molecule has 3 nitrogen and oxygen atoms in total. The van der Waals surface area contributed by atoms with E-state index in [9.17, 15) is 9.18 Å². The molecule has 0 aromatic heterocycles. The van der Waals surface area contributed by atoms with Crippen LogP contribution in [0.4, 0.5) is 15.8 Å². The van der Waals surface area contributed by atoms with Crippen molar-refractivity contribution in [1.82, 2.24) is 0 Å². The van der Waals surface area contributed by atoms with Crippen LogP contribution < -0.4 is 11.1 Å². The van der Waals surface area contributed by atoms with Gasteiger partial charge in [-0.1, -0.05) is 23.7 Å². The zero-order valence-electron chi connectivity index (χ0n) is 10.2. The predicted octanol–water partition coefficient (Wildman–Crippen LogP) is 3.62. The summed E-state index contributed by atoms with van der Waals surface area (Å²) in [4.78, 5) is 12.0. The summed E-state index contributed by atoms with van der Waals surface area (Å²) in [6, 6.07) is 9.17. The van der Waals surface area contributed by atoms with Gasteiger partial charge in [0.15, 0.2) is 0 Å². The average molecular weight is 279 g/mol. The third-order valence-corrected chi connectivity index (χ3v) is 3.04. The van der Waals surface area contributed by atoms with E-state index in [0.717, 1.165) is 5.56 Å². The second-order valence-corrected chi connectivity index (χ2v) is 4.53. The van der Waals surface area contributed by atoms with Gasteiger partial charge in [-0.3, -0.25) is 4.79 Å². The molecule has 2 aromatic carbocycles. The van der Waals surface area contributed by atoms with Crippen LogP contribution >= 0.6 is 11.6 Å². The van der Waals surface area contributed by atoms with Gasteiger partial charge in [0.1, 0.15) is 5.82 Å². The summed E-state index contributed by atoms with van der Waals surface area (Å²) in [5.74, 6) is -1.27. The van der Waals surface area contributed by atoms with Crippen molar-refractivity contribution in [2.45, 2.75) is 6.92 Å². The number of hydrogen-bond donors (Lipinski definition) is 2. The van der Waals surface area contributed by atoms with Gasteiger partial charge in [-0.15, -0.1) is 0 Å². The van der Waals surface area contributed by atoms with Gasteiger partial charge in [0.25, 0.3) is 5.91 Å². The first kappa shape index (κ1) is 13.4. The molecular weight excluding hydrogens is 267 g/mol. The smallest absolute Gasteiger partial charge is 0.260 e. The lowest BCUT2D eigenvalue weighted by Gasteiger charge is -2.09. The Kier molecular flexibility index (Phi) is 3.71. The summed E-state index contributed by atoms with van der Waals surface area (Å²) >= 11 is 5.82. The van der Waals surface area contributed by atoms with Crippen molar-refractivity contribution in [1.29, 1.82) is 0 Å². The Morgan fingerprint density at radius 2 is 2.05 bits per heavy atom. The van der Waals surface area contributed by atoms with Crippen LogP contribution in [-0.4, -0.2) is 5.91 Å². The zero-order chi connectivity index (χ0) is 14.0. The number of hydrogen-bond acceptors (Lipinski definition) is 2. The Morgan fingerprint density at radius 1 is 1.32 bits per heavy atom. The summed E-state index contributed by atoms with van der Waals surface area (Å²) in [6.45, 7) is 1.86. The van der Waals surface area contributed by atoms with Crippen LogP contribution in [0.2, 0.25) is 5.02 Å². The number of anilines is 2. The number of benzene rings is 2. The summed E-state index contributed by atoms with van der Waals surface area (Å²) in [6.07, 6.45) is 0. The van der Waals surface area contributed by atoms with Crippen molar-refractivity contribution < 1.29 is 9.18 Å². The zero-order valence-corrected chi connectivity index (χ0v) is 11.0. The Bertz CT molecular complexity index is 623. The standard InChI is InChI=1S/C14H12ClFN2O/c1-8-5-6-9(7-12(8)17)18-14(19)13-10(15)3-2-4-11(13)16/h2-7H,17H2,1H3,(H,18,19). The van der Waals surface area contributed by atoms with Gasteiger partial charge in [0.2, 0.25) is 0 Å². The molecule has 0 fully saturated rings. The minimum atomic E-state index is -0.662. The van der Waals surface area contributed by atoms with Crippen molar-refractivity contribution in [3.8, 4) is 0 Å². The number of halogens is 2. The third-order valence-electron chi connectivity index (χ3n) is 2.73. The second kappa shape index (κ2) is 5.28. The highest BCUT2D eigenvalue weighted by Gasteiger charge is 2.15. The maximum atomic E-state index is 13.6. The molecule has 2 aromatic rings. The molecule has 2 rings (SSSR count). The molecule has 19 heavy (non-hydrogen) atoms. The fourth-order valence-corrected chi connectivity index (χ4v) is 1.88. The number of rotatable bonds is 2. The fourth-order valence-electron chi connectivity index (χ4n) is 1.63. The number of nitrogen functional groups attached to an aromatic ring is 1. The van der Waals surface area contributed by atoms with Crippen LogP contribution in [0.15, 0.2) is 36.4 Å². The lowest BCUT2D eigenvalue weighted by atomic mass is 10.1. The van der Waals surface area contributed by atoms with Crippen LogP contribution in [0.1, 0.15) is 15.9 Å². The number of carbonyl (C=O) groups excluding carboxylic acids is 1. The quantitative estimate of drug-likeness (QED) is 0.824. The van der Waals surface area contributed by atoms with Gasteiger partial charge >= 0.3 is 0 Å². The molecule has 0 aliphatic carbocycles. The number of aryl methyl sites for hydroxylation is 1. The maximum absolute atomic E-state index is 13.6. The van der Waals surface area contributed by atoms with Crippen molar-refractivity contribution in [2.75, 3.05) is 11.1 Å². The number of nitrogens with one attached hydrogen (secondary N) is 1. The van der Waals surface area contributed by atoms with Crippen molar-refractivity contribution >= 4 is 28.9 Å². The summed E-state index contributed by atoms with van der Waals surface area (Å²) < 4.78 is 13.6. The van der Waals surface area contributed by atoms with Crippen LogP contribution in [0, 0.1) is 12.7 Å². The number of amides is 1. The van der Waals surface area contributed by atoms with Crippen LogP contribution in [0.3, 0.4) is 0 Å². The van der Waals surface area contributed by atoms with E-state index >= 15 is 0 Å². The van der Waals surface area contributed by atoms with Crippen molar-refractivity contribution in [2.24, 2.45) is 0 Å². The molecule has 0 saturated heterocycles. The van der Waals surface area contributed by atoms with Gasteiger partial charge in [-0.25, -0.2) is 4.39 Å². The molecule has 98 valence electrons.